The third-order valence-electron chi connectivity index (χ3n) is 7.20. The molecule has 3 aromatic carbocycles. The molecule has 0 radical (unpaired) electrons. The number of ether oxygens (including phenoxy) is 5. The summed E-state index contributed by atoms with van der Waals surface area (Å²) in [5.74, 6) is 3.56. The summed E-state index contributed by atoms with van der Waals surface area (Å²) in [7, 11) is 1.62. The lowest BCUT2D eigenvalue weighted by Gasteiger charge is -2.46. The summed E-state index contributed by atoms with van der Waals surface area (Å²) in [6.07, 6.45) is 4.53. The minimum absolute atomic E-state index is 0.222. The molecule has 0 aromatic heterocycles. The highest BCUT2D eigenvalue weighted by Crippen LogP contribution is 2.56. The van der Waals surface area contributed by atoms with E-state index in [1.807, 2.05) is 48.5 Å². The fraction of sp³-hybridized carbons (Fsp3) is 0.333. The molecule has 0 aliphatic carbocycles. The normalized spacial score (nSPS) is 17.1. The standard InChI is InChI=1S/C30H28Cl3NO5/c1-35-24-10-9-20-15-23-22-17-26-25(38-18-39-26)16-19(22)11-12-34(23)29(30(31,32)33)27(20)28(24)37-14-6-5-13-36-21-7-3-2-4-8-21/h2-4,7-10,15-17,29H,5-6,11-14,18H2,1H3. The monoisotopic (exact) mass is 587 g/mol. The zero-order valence-corrected chi connectivity index (χ0v) is 23.7. The first kappa shape index (κ1) is 26.3. The lowest BCUT2D eigenvalue weighted by Crippen LogP contribution is -2.41. The Balaban J connectivity index is 1.29. The molecule has 1 atom stereocenters. The van der Waals surface area contributed by atoms with Crippen molar-refractivity contribution in [3.8, 4) is 28.7 Å². The molecule has 6 nitrogen and oxygen atoms in total. The van der Waals surface area contributed by atoms with E-state index in [2.05, 4.69) is 17.0 Å². The molecular weight excluding hydrogens is 561 g/mol. The molecule has 9 heteroatoms. The minimum atomic E-state index is -1.63. The Labute approximate surface area is 242 Å². The van der Waals surface area contributed by atoms with E-state index in [1.54, 1.807) is 7.11 Å². The van der Waals surface area contributed by atoms with Crippen molar-refractivity contribution in [2.45, 2.75) is 29.1 Å². The summed E-state index contributed by atoms with van der Waals surface area (Å²) in [5.41, 5.74) is 4.93. The van der Waals surface area contributed by atoms with E-state index < -0.39 is 9.83 Å². The van der Waals surface area contributed by atoms with Crippen molar-refractivity contribution in [2.24, 2.45) is 0 Å². The Morgan fingerprint density at radius 1 is 0.949 bits per heavy atom. The van der Waals surface area contributed by atoms with Gasteiger partial charge in [-0.15, -0.1) is 0 Å². The molecule has 0 bridgehead atoms. The van der Waals surface area contributed by atoms with Crippen molar-refractivity contribution in [2.75, 3.05) is 33.7 Å². The lowest BCUT2D eigenvalue weighted by atomic mass is 9.86. The Hall–Kier alpha value is -2.93. The Kier molecular flexibility index (Phi) is 7.36. The number of hydrogen-bond acceptors (Lipinski definition) is 6. The number of methoxy groups -OCH3 is 1. The molecule has 0 N–H and O–H groups in total. The number of benzene rings is 3. The summed E-state index contributed by atoms with van der Waals surface area (Å²) >= 11 is 20.1. The van der Waals surface area contributed by atoms with Crippen LogP contribution in [0.25, 0.3) is 11.8 Å². The maximum atomic E-state index is 6.71. The third-order valence-corrected chi connectivity index (χ3v) is 7.82. The van der Waals surface area contributed by atoms with E-state index in [4.69, 9.17) is 58.5 Å². The van der Waals surface area contributed by atoms with Crippen LogP contribution in [0.2, 0.25) is 0 Å². The first-order chi connectivity index (χ1) is 18.9. The van der Waals surface area contributed by atoms with Crippen molar-refractivity contribution in [3.63, 3.8) is 0 Å². The van der Waals surface area contributed by atoms with Crippen LogP contribution in [0, 0.1) is 0 Å². The molecule has 0 fully saturated rings. The molecule has 204 valence electrons. The minimum Gasteiger partial charge on any atom is -0.494 e. The van der Waals surface area contributed by atoms with Crippen LogP contribution >= 0.6 is 34.8 Å². The van der Waals surface area contributed by atoms with Crippen molar-refractivity contribution in [1.29, 1.82) is 0 Å². The molecule has 0 spiro atoms. The van der Waals surface area contributed by atoms with Crippen molar-refractivity contribution >= 4 is 46.6 Å². The van der Waals surface area contributed by atoms with E-state index in [0.29, 0.717) is 31.3 Å². The summed E-state index contributed by atoms with van der Waals surface area (Å²) in [6.45, 7) is 1.97. The van der Waals surface area contributed by atoms with Gasteiger partial charge in [0.15, 0.2) is 23.0 Å². The number of unbranched alkanes of at least 4 members (excludes halogenated alkanes) is 1. The van der Waals surface area contributed by atoms with Crippen molar-refractivity contribution in [3.05, 3.63) is 76.9 Å². The van der Waals surface area contributed by atoms with E-state index in [1.165, 1.54) is 5.56 Å². The number of hydrogen-bond donors (Lipinski definition) is 0. The highest BCUT2D eigenvalue weighted by atomic mass is 35.6. The van der Waals surface area contributed by atoms with E-state index >= 15 is 0 Å². The quantitative estimate of drug-likeness (QED) is 0.201. The molecular formula is C30H28Cl3NO5. The highest BCUT2D eigenvalue weighted by Gasteiger charge is 2.46. The van der Waals surface area contributed by atoms with Crippen LogP contribution in [0.1, 0.15) is 41.1 Å². The summed E-state index contributed by atoms with van der Waals surface area (Å²) in [6, 6.07) is 17.2. The van der Waals surface area contributed by atoms with E-state index in [0.717, 1.165) is 58.9 Å². The number of alkyl halides is 3. The molecule has 0 saturated heterocycles. The molecule has 3 aliphatic rings. The Bertz CT molecular complexity index is 1390. The zero-order chi connectivity index (χ0) is 27.0. The number of fused-ring (bicyclic) bond motifs is 5. The van der Waals surface area contributed by atoms with Gasteiger partial charge in [-0.25, -0.2) is 0 Å². The maximum absolute atomic E-state index is 6.71. The van der Waals surface area contributed by atoms with Gasteiger partial charge < -0.3 is 28.6 Å². The number of halogens is 3. The largest absolute Gasteiger partial charge is 0.494 e. The number of rotatable bonds is 8. The second-order valence-corrected chi connectivity index (χ2v) is 12.0. The molecule has 0 saturated carbocycles. The molecule has 1 unspecified atom stereocenters. The van der Waals surface area contributed by atoms with Crippen LogP contribution in [0.15, 0.2) is 54.6 Å². The molecule has 39 heavy (non-hydrogen) atoms. The summed E-state index contributed by atoms with van der Waals surface area (Å²) < 4.78 is 27.5. The molecule has 0 amide bonds. The second kappa shape index (κ2) is 10.9. The predicted molar refractivity (Wildman–Crippen MR) is 154 cm³/mol. The molecule has 3 heterocycles. The number of nitrogens with zero attached hydrogens (tertiary/aromatic N) is 1. The molecule has 3 aliphatic heterocycles. The SMILES string of the molecule is COc1ccc2c(c1OCCCCOc1ccccc1)C(C(Cl)(Cl)Cl)N1CCc3cc4c(cc3C1=C2)OCO4. The van der Waals surface area contributed by atoms with E-state index in [9.17, 15) is 0 Å². The second-order valence-electron chi connectivity index (χ2n) is 9.60. The van der Waals surface area contributed by atoms with Crippen LogP contribution in [-0.2, 0) is 6.42 Å². The third kappa shape index (κ3) is 5.18. The fourth-order valence-corrected chi connectivity index (χ4v) is 6.10. The summed E-state index contributed by atoms with van der Waals surface area (Å²) in [5, 5.41) is 0. The first-order valence-electron chi connectivity index (χ1n) is 12.9. The van der Waals surface area contributed by atoms with Gasteiger partial charge in [-0.05, 0) is 66.8 Å². The molecule has 6 rings (SSSR count). The predicted octanol–water partition coefficient (Wildman–Crippen LogP) is 7.44. The average Bonchev–Trinajstić information content (AvgIpc) is 3.40. The first-order valence-corrected chi connectivity index (χ1v) is 14.1. The maximum Gasteiger partial charge on any atom is 0.231 e. The van der Waals surface area contributed by atoms with Gasteiger partial charge in [0, 0.05) is 23.4 Å². The Morgan fingerprint density at radius 2 is 1.69 bits per heavy atom. The Morgan fingerprint density at radius 3 is 2.44 bits per heavy atom. The fourth-order valence-electron chi connectivity index (χ4n) is 5.42. The average molecular weight is 589 g/mol. The van der Waals surface area contributed by atoms with Gasteiger partial charge >= 0.3 is 0 Å². The van der Waals surface area contributed by atoms with Crippen LogP contribution in [0.5, 0.6) is 28.7 Å². The smallest absolute Gasteiger partial charge is 0.231 e. The van der Waals surface area contributed by atoms with Crippen LogP contribution in [-0.4, -0.2) is 42.4 Å². The van der Waals surface area contributed by atoms with E-state index in [-0.39, 0.29) is 6.79 Å². The number of para-hydroxylation sites is 1. The van der Waals surface area contributed by atoms with Gasteiger partial charge in [0.1, 0.15) is 11.8 Å². The van der Waals surface area contributed by atoms with Gasteiger partial charge in [-0.3, -0.25) is 0 Å². The topological polar surface area (TPSA) is 49.4 Å². The van der Waals surface area contributed by atoms with Gasteiger partial charge in [0.2, 0.25) is 10.6 Å². The highest BCUT2D eigenvalue weighted by molar-refractivity contribution is 6.68. The lowest BCUT2D eigenvalue weighted by molar-refractivity contribution is 0.174. The van der Waals surface area contributed by atoms with Crippen LogP contribution in [0.3, 0.4) is 0 Å². The zero-order valence-electron chi connectivity index (χ0n) is 21.4. The van der Waals surface area contributed by atoms with Gasteiger partial charge in [-0.2, -0.15) is 0 Å². The van der Waals surface area contributed by atoms with Gasteiger partial charge in [-0.1, -0.05) is 59.1 Å². The molecule has 3 aromatic rings. The van der Waals surface area contributed by atoms with Crippen LogP contribution < -0.4 is 23.7 Å². The van der Waals surface area contributed by atoms with Crippen molar-refractivity contribution in [1.82, 2.24) is 4.90 Å². The summed E-state index contributed by atoms with van der Waals surface area (Å²) in [4.78, 5) is 2.15. The van der Waals surface area contributed by atoms with Crippen molar-refractivity contribution < 1.29 is 23.7 Å². The van der Waals surface area contributed by atoms with Gasteiger partial charge in [0.25, 0.3) is 0 Å². The van der Waals surface area contributed by atoms with Crippen LogP contribution in [0.4, 0.5) is 0 Å². The van der Waals surface area contributed by atoms with Gasteiger partial charge in [0.05, 0.1) is 20.3 Å².